The van der Waals surface area contributed by atoms with Crippen LogP contribution >= 0.6 is 0 Å². The molecule has 0 bridgehead atoms. The third-order valence-electron chi connectivity index (χ3n) is 2.79. The molecule has 0 spiro atoms. The molecular weight excluding hydrogens is 200 g/mol. The molecule has 1 rings (SSSR count). The Hall–Kier alpha value is -0.0900. The second-order valence-electron chi connectivity index (χ2n) is 4.77. The number of hydrogen-bond donors (Lipinski definition) is 0. The minimum Gasteiger partial charge on any atom is -0.270 e. The van der Waals surface area contributed by atoms with Crippen LogP contribution in [0, 0.1) is 17.8 Å². The van der Waals surface area contributed by atoms with E-state index in [1.165, 1.54) is 6.42 Å². The van der Waals surface area contributed by atoms with Crippen molar-refractivity contribution in [1.82, 2.24) is 0 Å². The van der Waals surface area contributed by atoms with Crippen molar-refractivity contribution in [2.45, 2.75) is 33.1 Å². The summed E-state index contributed by atoms with van der Waals surface area (Å²) in [5.74, 6) is 1.82. The van der Waals surface area contributed by atoms with Gasteiger partial charge in [0, 0.05) is 0 Å². The van der Waals surface area contributed by atoms with Gasteiger partial charge >= 0.3 is 0 Å². The van der Waals surface area contributed by atoms with Crippen molar-refractivity contribution in [1.29, 1.82) is 0 Å². The second kappa shape index (κ2) is 4.62. The summed E-state index contributed by atoms with van der Waals surface area (Å²) in [6.45, 7) is 4.82. The Balaban J connectivity index is 2.38. The highest BCUT2D eigenvalue weighted by Gasteiger charge is 2.24. The van der Waals surface area contributed by atoms with Crippen molar-refractivity contribution in [3.63, 3.8) is 0 Å². The SMILES string of the molecule is CC1CC(C)CC(COS(C)(=O)=O)C1. The van der Waals surface area contributed by atoms with Crippen LogP contribution in [0.2, 0.25) is 0 Å². The molecule has 0 radical (unpaired) electrons. The molecule has 1 aliphatic rings. The molecule has 4 heteroatoms. The smallest absolute Gasteiger partial charge is 0.264 e. The molecule has 1 aliphatic carbocycles. The van der Waals surface area contributed by atoms with Gasteiger partial charge in [0.25, 0.3) is 10.1 Å². The maximum atomic E-state index is 10.8. The molecule has 3 nitrogen and oxygen atoms in total. The summed E-state index contributed by atoms with van der Waals surface area (Å²) in [4.78, 5) is 0. The Bertz CT molecular complexity index is 261. The number of hydrogen-bond acceptors (Lipinski definition) is 3. The lowest BCUT2D eigenvalue weighted by Gasteiger charge is -2.30. The molecule has 0 heterocycles. The fraction of sp³-hybridized carbons (Fsp3) is 1.00. The van der Waals surface area contributed by atoms with Crippen LogP contribution in [0.1, 0.15) is 33.1 Å². The van der Waals surface area contributed by atoms with E-state index in [4.69, 9.17) is 4.18 Å². The van der Waals surface area contributed by atoms with Crippen LogP contribution in [-0.4, -0.2) is 21.3 Å². The average Bonchev–Trinajstić information content (AvgIpc) is 1.97. The zero-order valence-electron chi connectivity index (χ0n) is 9.19. The van der Waals surface area contributed by atoms with E-state index in [9.17, 15) is 8.42 Å². The predicted molar refractivity (Wildman–Crippen MR) is 56.5 cm³/mol. The standard InChI is InChI=1S/C10H20O3S/c1-8-4-9(2)6-10(5-8)7-13-14(3,11)12/h8-10H,4-7H2,1-3H3. The van der Waals surface area contributed by atoms with E-state index in [2.05, 4.69) is 13.8 Å². The van der Waals surface area contributed by atoms with Crippen LogP contribution in [0.15, 0.2) is 0 Å². The molecule has 0 aromatic rings. The van der Waals surface area contributed by atoms with Gasteiger partial charge in [-0.15, -0.1) is 0 Å². The van der Waals surface area contributed by atoms with Crippen molar-refractivity contribution in [3.05, 3.63) is 0 Å². The lowest BCUT2D eigenvalue weighted by atomic mass is 9.77. The second-order valence-corrected chi connectivity index (χ2v) is 6.42. The minimum absolute atomic E-state index is 0.369. The largest absolute Gasteiger partial charge is 0.270 e. The molecule has 84 valence electrons. The lowest BCUT2D eigenvalue weighted by Crippen LogP contribution is -2.24. The Morgan fingerprint density at radius 1 is 1.14 bits per heavy atom. The van der Waals surface area contributed by atoms with E-state index >= 15 is 0 Å². The van der Waals surface area contributed by atoms with Gasteiger partial charge in [-0.1, -0.05) is 13.8 Å². The van der Waals surface area contributed by atoms with E-state index < -0.39 is 10.1 Å². The molecule has 1 saturated carbocycles. The van der Waals surface area contributed by atoms with Crippen LogP contribution in [0.3, 0.4) is 0 Å². The Morgan fingerprint density at radius 3 is 2.07 bits per heavy atom. The first-order chi connectivity index (χ1) is 6.37. The molecule has 0 aromatic carbocycles. The van der Waals surface area contributed by atoms with Gasteiger partial charge in [-0.25, -0.2) is 0 Å². The van der Waals surface area contributed by atoms with Crippen molar-refractivity contribution >= 4 is 10.1 Å². The van der Waals surface area contributed by atoms with E-state index in [1.807, 2.05) is 0 Å². The van der Waals surface area contributed by atoms with Crippen LogP contribution < -0.4 is 0 Å². The van der Waals surface area contributed by atoms with Gasteiger partial charge < -0.3 is 0 Å². The summed E-state index contributed by atoms with van der Waals surface area (Å²) in [6, 6.07) is 0. The van der Waals surface area contributed by atoms with Gasteiger partial charge in [0.05, 0.1) is 12.9 Å². The Morgan fingerprint density at radius 2 is 1.64 bits per heavy atom. The molecule has 0 N–H and O–H groups in total. The Labute approximate surface area is 87.0 Å². The van der Waals surface area contributed by atoms with Gasteiger partial charge in [0.15, 0.2) is 0 Å². The molecule has 1 fully saturated rings. The van der Waals surface area contributed by atoms with Gasteiger partial charge in [0.1, 0.15) is 0 Å². The third-order valence-corrected chi connectivity index (χ3v) is 3.36. The molecule has 2 unspecified atom stereocenters. The molecule has 14 heavy (non-hydrogen) atoms. The third kappa shape index (κ3) is 4.42. The first-order valence-electron chi connectivity index (χ1n) is 5.21. The fourth-order valence-corrected chi connectivity index (χ4v) is 2.91. The summed E-state index contributed by atoms with van der Waals surface area (Å²) in [5, 5.41) is 0. The summed E-state index contributed by atoms with van der Waals surface area (Å²) in [5.41, 5.74) is 0. The van der Waals surface area contributed by atoms with E-state index in [1.54, 1.807) is 0 Å². The van der Waals surface area contributed by atoms with Gasteiger partial charge in [-0.3, -0.25) is 4.18 Å². The zero-order chi connectivity index (χ0) is 10.8. The van der Waals surface area contributed by atoms with Gasteiger partial charge in [0.2, 0.25) is 0 Å². The summed E-state index contributed by atoms with van der Waals surface area (Å²) in [6.07, 6.45) is 4.57. The predicted octanol–water partition coefficient (Wildman–Crippen LogP) is 2.03. The summed E-state index contributed by atoms with van der Waals surface area (Å²) < 4.78 is 26.5. The molecular formula is C10H20O3S. The first kappa shape index (κ1) is 12.0. The van der Waals surface area contributed by atoms with Crippen LogP contribution in [-0.2, 0) is 14.3 Å². The monoisotopic (exact) mass is 220 g/mol. The molecule has 0 amide bonds. The van der Waals surface area contributed by atoms with Crippen molar-refractivity contribution < 1.29 is 12.6 Å². The maximum absolute atomic E-state index is 10.8. The normalized spacial score (nSPS) is 34.4. The molecule has 0 aliphatic heterocycles. The highest BCUT2D eigenvalue weighted by molar-refractivity contribution is 7.85. The quantitative estimate of drug-likeness (QED) is 0.684. The van der Waals surface area contributed by atoms with Crippen molar-refractivity contribution in [3.8, 4) is 0 Å². The van der Waals surface area contributed by atoms with Crippen LogP contribution in [0.4, 0.5) is 0 Å². The fourth-order valence-electron chi connectivity index (χ4n) is 2.47. The highest BCUT2D eigenvalue weighted by Crippen LogP contribution is 2.32. The van der Waals surface area contributed by atoms with Gasteiger partial charge in [-0.2, -0.15) is 8.42 Å². The van der Waals surface area contributed by atoms with Gasteiger partial charge in [-0.05, 0) is 37.0 Å². The highest BCUT2D eigenvalue weighted by atomic mass is 32.2. The van der Waals surface area contributed by atoms with Crippen molar-refractivity contribution in [2.24, 2.45) is 17.8 Å². The Kier molecular flexibility index (Phi) is 3.95. The lowest BCUT2D eigenvalue weighted by molar-refractivity contribution is 0.154. The van der Waals surface area contributed by atoms with Crippen LogP contribution in [0.5, 0.6) is 0 Å². The molecule has 0 saturated heterocycles. The average molecular weight is 220 g/mol. The minimum atomic E-state index is -3.26. The van der Waals surface area contributed by atoms with Crippen molar-refractivity contribution in [2.75, 3.05) is 12.9 Å². The number of rotatable bonds is 3. The van der Waals surface area contributed by atoms with E-state index in [0.717, 1.165) is 19.1 Å². The summed E-state index contributed by atoms with van der Waals surface area (Å²) >= 11 is 0. The van der Waals surface area contributed by atoms with Crippen LogP contribution in [0.25, 0.3) is 0 Å². The van der Waals surface area contributed by atoms with E-state index in [0.29, 0.717) is 24.4 Å². The zero-order valence-corrected chi connectivity index (χ0v) is 10.0. The molecule has 2 atom stereocenters. The molecule has 0 aromatic heterocycles. The first-order valence-corrected chi connectivity index (χ1v) is 7.03. The van der Waals surface area contributed by atoms with E-state index in [-0.39, 0.29) is 0 Å². The maximum Gasteiger partial charge on any atom is 0.264 e. The topological polar surface area (TPSA) is 43.4 Å². The summed E-state index contributed by atoms with van der Waals surface area (Å²) in [7, 11) is -3.26.